The fraction of sp³-hybridized carbons (Fsp3) is 0.278. The van der Waals surface area contributed by atoms with E-state index in [1.165, 1.54) is 61.9 Å². The summed E-state index contributed by atoms with van der Waals surface area (Å²) in [4.78, 5) is 77.0. The van der Waals surface area contributed by atoms with Crippen LogP contribution in [0.2, 0.25) is 0 Å². The van der Waals surface area contributed by atoms with Crippen molar-refractivity contribution in [1.82, 2.24) is 22.8 Å². The van der Waals surface area contributed by atoms with Gasteiger partial charge >= 0.3 is 11.9 Å². The lowest BCUT2D eigenvalue weighted by molar-refractivity contribution is 0.00689. The zero-order chi connectivity index (χ0) is 38.9. The van der Waals surface area contributed by atoms with Crippen LogP contribution in [0, 0.1) is 0 Å². The summed E-state index contributed by atoms with van der Waals surface area (Å²) < 4.78 is 17.8. The molecule has 0 aliphatic carbocycles. The number of aryl methyl sites for hydroxylation is 5. The Labute approximate surface area is 304 Å². The van der Waals surface area contributed by atoms with Crippen LogP contribution in [0.3, 0.4) is 0 Å². The van der Waals surface area contributed by atoms with Gasteiger partial charge in [-0.15, -0.1) is 0 Å². The van der Waals surface area contributed by atoms with Gasteiger partial charge in [-0.2, -0.15) is 0 Å². The average molecular weight is 728 g/mol. The van der Waals surface area contributed by atoms with Crippen molar-refractivity contribution in [2.75, 3.05) is 28.4 Å². The summed E-state index contributed by atoms with van der Waals surface area (Å²) in [5.41, 5.74) is 2.15. The van der Waals surface area contributed by atoms with Crippen molar-refractivity contribution in [2.45, 2.75) is 26.4 Å². The van der Waals surface area contributed by atoms with Gasteiger partial charge < -0.3 is 53.6 Å². The van der Waals surface area contributed by atoms with Crippen LogP contribution in [0.25, 0.3) is 0 Å². The molecule has 4 amide bonds. The van der Waals surface area contributed by atoms with Gasteiger partial charge in [-0.1, -0.05) is 0 Å². The van der Waals surface area contributed by atoms with Gasteiger partial charge in [0.25, 0.3) is 23.6 Å². The van der Waals surface area contributed by atoms with E-state index in [1.807, 2.05) is 0 Å². The SMILES string of the molecule is COC(=O)c1cc(NC(=O)c2cc(NC(=O)c3cc(NC(=O)c4cc(NC(=O)c5cc(C(=O)OC(C)(C)C)cn5C)cn4C)cn3C)cn2C)cn1C. The Balaban J connectivity index is 1.21. The van der Waals surface area contributed by atoms with Crippen molar-refractivity contribution in [1.29, 1.82) is 0 Å². The maximum atomic E-state index is 13.3. The fourth-order valence-corrected chi connectivity index (χ4v) is 5.54. The van der Waals surface area contributed by atoms with E-state index < -0.39 is 41.2 Å². The van der Waals surface area contributed by atoms with Crippen molar-refractivity contribution < 1.29 is 38.2 Å². The summed E-state index contributed by atoms with van der Waals surface area (Å²) in [5, 5.41) is 11.0. The maximum absolute atomic E-state index is 13.3. The van der Waals surface area contributed by atoms with Gasteiger partial charge in [0, 0.05) is 66.2 Å². The maximum Gasteiger partial charge on any atom is 0.354 e. The van der Waals surface area contributed by atoms with Gasteiger partial charge in [0.1, 0.15) is 34.1 Å². The number of anilines is 4. The summed E-state index contributed by atoms with van der Waals surface area (Å²) in [6.45, 7) is 5.26. The molecule has 0 aliphatic heterocycles. The normalized spacial score (nSPS) is 11.2. The van der Waals surface area contributed by atoms with E-state index >= 15 is 0 Å². The lowest BCUT2D eigenvalue weighted by atomic mass is 10.2. The summed E-state index contributed by atoms with van der Waals surface area (Å²) in [6.07, 6.45) is 7.80. The van der Waals surface area contributed by atoms with E-state index in [0.29, 0.717) is 22.7 Å². The smallest absolute Gasteiger partial charge is 0.354 e. The van der Waals surface area contributed by atoms with Gasteiger partial charge in [0.15, 0.2) is 0 Å². The van der Waals surface area contributed by atoms with E-state index in [4.69, 9.17) is 9.47 Å². The van der Waals surface area contributed by atoms with E-state index in [0.717, 1.165) is 0 Å². The summed E-state index contributed by atoms with van der Waals surface area (Å²) >= 11 is 0. The second-order valence-corrected chi connectivity index (χ2v) is 13.4. The number of carbonyl (C=O) groups is 6. The van der Waals surface area contributed by atoms with E-state index in [1.54, 1.807) is 85.4 Å². The molecule has 0 bridgehead atoms. The highest BCUT2D eigenvalue weighted by Gasteiger charge is 2.23. The minimum Gasteiger partial charge on any atom is -0.464 e. The molecule has 17 heteroatoms. The predicted octanol–water partition coefficient (Wildman–Crippen LogP) is 4.13. The Morgan fingerprint density at radius 1 is 0.472 bits per heavy atom. The third kappa shape index (κ3) is 8.41. The molecule has 0 spiro atoms. The average Bonchev–Trinajstić information content (AvgIpc) is 3.88. The van der Waals surface area contributed by atoms with Crippen LogP contribution < -0.4 is 21.3 Å². The summed E-state index contributed by atoms with van der Waals surface area (Å²) in [7, 11) is 9.49. The Morgan fingerprint density at radius 3 is 1.11 bits per heavy atom. The molecule has 0 aromatic carbocycles. The first kappa shape index (κ1) is 37.5. The minimum atomic E-state index is -0.691. The molecule has 5 rings (SSSR count). The summed E-state index contributed by atoms with van der Waals surface area (Å²) in [6, 6.07) is 7.44. The lowest BCUT2D eigenvalue weighted by Gasteiger charge is -2.18. The van der Waals surface area contributed by atoms with Crippen LogP contribution >= 0.6 is 0 Å². The minimum absolute atomic E-state index is 0.216. The van der Waals surface area contributed by atoms with Crippen LogP contribution in [0.15, 0.2) is 61.3 Å². The van der Waals surface area contributed by atoms with Crippen molar-refractivity contribution >= 4 is 58.3 Å². The lowest BCUT2D eigenvalue weighted by Crippen LogP contribution is -2.23. The fourth-order valence-electron chi connectivity index (χ4n) is 5.54. The number of amides is 4. The van der Waals surface area contributed by atoms with E-state index in [-0.39, 0.29) is 34.0 Å². The number of hydrogen-bond acceptors (Lipinski definition) is 8. The van der Waals surface area contributed by atoms with Crippen LogP contribution in [0.1, 0.15) is 83.6 Å². The Kier molecular flexibility index (Phi) is 10.2. The van der Waals surface area contributed by atoms with Crippen LogP contribution in [0.5, 0.6) is 0 Å². The number of esters is 2. The van der Waals surface area contributed by atoms with Crippen molar-refractivity contribution in [3.63, 3.8) is 0 Å². The third-order valence-corrected chi connectivity index (χ3v) is 8.02. The molecule has 0 unspecified atom stereocenters. The molecule has 0 radical (unpaired) electrons. The summed E-state index contributed by atoms with van der Waals surface area (Å²) in [5.74, 6) is -3.03. The van der Waals surface area contributed by atoms with Crippen LogP contribution in [-0.2, 0) is 44.7 Å². The first-order valence-electron chi connectivity index (χ1n) is 16.2. The first-order chi connectivity index (χ1) is 24.8. The number of nitrogens with zero attached hydrogens (tertiary/aromatic N) is 5. The third-order valence-electron chi connectivity index (χ3n) is 8.02. The number of carbonyl (C=O) groups excluding carboxylic acids is 6. The molecule has 0 saturated heterocycles. The quantitative estimate of drug-likeness (QED) is 0.154. The molecule has 4 N–H and O–H groups in total. The standard InChI is InChI=1S/C36H41N9O8/c1-36(2,3)53-34(50)20-10-25(41(4)15-20)30(46)37-21-11-26(42(5)16-21)31(47)38-22-12-27(43(6)17-22)32(48)39-23-13-28(44(7)18-23)33(49)40-24-14-29(35(51)52-9)45(8)19-24/h10-19H,1-9H3,(H,37,46)(H,38,47)(H,39,48)(H,40,49). The molecule has 0 fully saturated rings. The molecular weight excluding hydrogens is 686 g/mol. The zero-order valence-electron chi connectivity index (χ0n) is 30.8. The van der Waals surface area contributed by atoms with Crippen LogP contribution in [-0.4, -0.2) is 71.1 Å². The Hall–Kier alpha value is -6.78. The number of aromatic nitrogens is 5. The first-order valence-corrected chi connectivity index (χ1v) is 16.2. The van der Waals surface area contributed by atoms with Gasteiger partial charge in [-0.05, 0) is 51.1 Å². The zero-order valence-corrected chi connectivity index (χ0v) is 30.8. The van der Waals surface area contributed by atoms with Crippen LogP contribution in [0.4, 0.5) is 22.7 Å². The number of methoxy groups -OCH3 is 1. The van der Waals surface area contributed by atoms with Crippen molar-refractivity contribution in [3.05, 3.63) is 95.3 Å². The highest BCUT2D eigenvalue weighted by molar-refractivity contribution is 6.09. The Bertz CT molecular complexity index is 2270. The highest BCUT2D eigenvalue weighted by atomic mass is 16.6. The molecule has 0 atom stereocenters. The molecule has 5 heterocycles. The Morgan fingerprint density at radius 2 is 0.774 bits per heavy atom. The topological polar surface area (TPSA) is 194 Å². The second-order valence-electron chi connectivity index (χ2n) is 13.4. The molecule has 0 saturated carbocycles. The van der Waals surface area contributed by atoms with Gasteiger partial charge in [0.2, 0.25) is 0 Å². The molecule has 53 heavy (non-hydrogen) atoms. The van der Waals surface area contributed by atoms with Gasteiger partial charge in [-0.3, -0.25) is 19.2 Å². The molecule has 5 aromatic heterocycles. The predicted molar refractivity (Wildman–Crippen MR) is 195 cm³/mol. The molecular formula is C36H41N9O8. The number of rotatable bonds is 10. The highest BCUT2D eigenvalue weighted by Crippen LogP contribution is 2.22. The van der Waals surface area contributed by atoms with Gasteiger partial charge in [-0.25, -0.2) is 9.59 Å². The van der Waals surface area contributed by atoms with Crippen molar-refractivity contribution in [2.24, 2.45) is 35.2 Å². The number of ether oxygens (including phenoxy) is 2. The molecule has 5 aromatic rings. The van der Waals surface area contributed by atoms with E-state index in [9.17, 15) is 28.8 Å². The largest absolute Gasteiger partial charge is 0.464 e. The monoisotopic (exact) mass is 727 g/mol. The second kappa shape index (κ2) is 14.5. The number of nitrogens with one attached hydrogen (secondary N) is 4. The van der Waals surface area contributed by atoms with E-state index in [2.05, 4.69) is 21.3 Å². The molecule has 17 nitrogen and oxygen atoms in total. The number of hydrogen-bond donors (Lipinski definition) is 4. The van der Waals surface area contributed by atoms with Gasteiger partial charge in [0.05, 0.1) is 35.4 Å². The molecule has 0 aliphatic rings. The van der Waals surface area contributed by atoms with Crippen molar-refractivity contribution in [3.8, 4) is 0 Å². The molecule has 278 valence electrons.